The molecule has 4 atom stereocenters. The number of benzene rings is 2. The number of aliphatic hydroxyl groups is 1. The molecule has 0 saturated carbocycles. The van der Waals surface area contributed by atoms with Crippen LogP contribution < -0.4 is 10.4 Å². The number of methoxy groups -OCH3 is 2. The molecule has 2 aromatic rings. The van der Waals surface area contributed by atoms with Crippen molar-refractivity contribution in [3.63, 3.8) is 0 Å². The minimum Gasteiger partial charge on any atom is -0.469 e. The molecule has 0 unspecified atom stereocenters. The van der Waals surface area contributed by atoms with E-state index < -0.39 is 44.3 Å². The highest BCUT2D eigenvalue weighted by molar-refractivity contribution is 6.99. The van der Waals surface area contributed by atoms with E-state index in [1.54, 1.807) is 6.08 Å². The topological polar surface area (TPSA) is 82.1 Å². The molecule has 0 heterocycles. The molecule has 1 aliphatic rings. The zero-order valence-electron chi connectivity index (χ0n) is 19.7. The molecule has 0 fully saturated rings. The lowest BCUT2D eigenvalue weighted by Gasteiger charge is -2.47. The van der Waals surface area contributed by atoms with Crippen LogP contribution in [-0.2, 0) is 23.5 Å². The van der Waals surface area contributed by atoms with Gasteiger partial charge in [0.25, 0.3) is 8.32 Å². The average Bonchev–Trinajstić information content (AvgIpc) is 2.82. The summed E-state index contributed by atoms with van der Waals surface area (Å²) in [4.78, 5) is 25.5. The first-order chi connectivity index (χ1) is 15.7. The summed E-state index contributed by atoms with van der Waals surface area (Å²) >= 11 is 0. The van der Waals surface area contributed by atoms with Crippen LogP contribution in [0.25, 0.3) is 0 Å². The van der Waals surface area contributed by atoms with E-state index in [0.717, 1.165) is 10.4 Å². The van der Waals surface area contributed by atoms with Gasteiger partial charge in [-0.1, -0.05) is 93.6 Å². The molecule has 3 rings (SSSR count). The predicted octanol–water partition coefficient (Wildman–Crippen LogP) is 2.44. The number of aliphatic hydroxyl groups excluding tert-OH is 1. The largest absolute Gasteiger partial charge is 0.469 e. The standard InChI is InChI=1S/C26H32O6Si/c1-26(2,3)33(18-12-8-6-9-13-18,19-14-10-7-11-15-19)32-21-17-16-20(27)22(24(28)30-4)23(21)25(29)31-5/h6-17,20-23,27H,1-5H3/t20-,21+,22-,23-/m0/s1. The Bertz CT molecular complexity index is 943. The van der Waals surface area contributed by atoms with Gasteiger partial charge in [0.1, 0.15) is 11.8 Å². The van der Waals surface area contributed by atoms with Crippen LogP contribution in [0.1, 0.15) is 20.8 Å². The maximum Gasteiger partial charge on any atom is 0.312 e. The van der Waals surface area contributed by atoms with E-state index in [0.29, 0.717) is 0 Å². The average molecular weight is 469 g/mol. The molecule has 0 radical (unpaired) electrons. The molecule has 0 spiro atoms. The molecule has 6 nitrogen and oxygen atoms in total. The van der Waals surface area contributed by atoms with Gasteiger partial charge in [-0.3, -0.25) is 9.59 Å². The zero-order chi connectivity index (χ0) is 24.2. The predicted molar refractivity (Wildman–Crippen MR) is 129 cm³/mol. The maximum absolute atomic E-state index is 12.9. The summed E-state index contributed by atoms with van der Waals surface area (Å²) in [6.45, 7) is 6.39. The Morgan fingerprint density at radius 3 is 1.67 bits per heavy atom. The highest BCUT2D eigenvalue weighted by Gasteiger charge is 2.55. The second-order valence-electron chi connectivity index (χ2n) is 9.22. The van der Waals surface area contributed by atoms with Gasteiger partial charge in [0.2, 0.25) is 0 Å². The van der Waals surface area contributed by atoms with Gasteiger partial charge < -0.3 is 19.0 Å². The van der Waals surface area contributed by atoms with Crippen LogP contribution in [0.3, 0.4) is 0 Å². The second kappa shape index (κ2) is 10.0. The number of hydrogen-bond donors (Lipinski definition) is 1. The van der Waals surface area contributed by atoms with Crippen molar-refractivity contribution in [2.75, 3.05) is 14.2 Å². The summed E-state index contributed by atoms with van der Waals surface area (Å²) in [6, 6.07) is 20.0. The number of esters is 2. The van der Waals surface area contributed by atoms with E-state index in [2.05, 4.69) is 45.0 Å². The Morgan fingerprint density at radius 1 is 0.788 bits per heavy atom. The first kappa shape index (κ1) is 24.9. The van der Waals surface area contributed by atoms with Gasteiger partial charge in [0, 0.05) is 0 Å². The molecule has 0 amide bonds. The normalized spacial score (nSPS) is 23.1. The second-order valence-corrected chi connectivity index (χ2v) is 13.5. The van der Waals surface area contributed by atoms with Crippen LogP contribution in [-0.4, -0.2) is 51.8 Å². The summed E-state index contributed by atoms with van der Waals surface area (Å²) < 4.78 is 17.0. The zero-order valence-corrected chi connectivity index (χ0v) is 20.7. The Morgan fingerprint density at radius 2 is 1.24 bits per heavy atom. The van der Waals surface area contributed by atoms with E-state index in [1.807, 2.05) is 36.4 Å². The van der Waals surface area contributed by atoms with E-state index >= 15 is 0 Å². The number of carbonyl (C=O) groups excluding carboxylic acids is 2. The lowest BCUT2D eigenvalue weighted by molar-refractivity contribution is -0.165. The van der Waals surface area contributed by atoms with Crippen LogP contribution in [0, 0.1) is 11.8 Å². The van der Waals surface area contributed by atoms with Crippen LogP contribution >= 0.6 is 0 Å². The van der Waals surface area contributed by atoms with Crippen molar-refractivity contribution in [2.24, 2.45) is 11.8 Å². The molecule has 1 N–H and O–H groups in total. The molecule has 176 valence electrons. The Hall–Kier alpha value is -2.74. The van der Waals surface area contributed by atoms with Crippen LogP contribution in [0.5, 0.6) is 0 Å². The fraction of sp³-hybridized carbons (Fsp3) is 0.385. The molecule has 0 aromatic heterocycles. The van der Waals surface area contributed by atoms with Gasteiger partial charge in [-0.2, -0.15) is 0 Å². The fourth-order valence-corrected chi connectivity index (χ4v) is 9.37. The van der Waals surface area contributed by atoms with E-state index in [1.165, 1.54) is 20.3 Å². The van der Waals surface area contributed by atoms with Gasteiger partial charge in [0.05, 0.1) is 26.4 Å². The Balaban J connectivity index is 2.23. The highest BCUT2D eigenvalue weighted by atomic mass is 28.4. The van der Waals surface area contributed by atoms with Gasteiger partial charge in [-0.05, 0) is 15.4 Å². The number of carbonyl (C=O) groups is 2. The third kappa shape index (κ3) is 4.67. The SMILES string of the molecule is COC(=O)[C@@H]1[C@@H](C(=O)OC)[C@H](O[Si](c2ccccc2)(c2ccccc2)C(C)(C)C)C=C[C@@H]1O. The van der Waals surface area contributed by atoms with Crippen molar-refractivity contribution >= 4 is 30.6 Å². The Kier molecular flexibility index (Phi) is 7.57. The van der Waals surface area contributed by atoms with E-state index in [4.69, 9.17) is 13.9 Å². The first-order valence-corrected chi connectivity index (χ1v) is 12.9. The minimum absolute atomic E-state index is 0.332. The van der Waals surface area contributed by atoms with Crippen LogP contribution in [0.2, 0.25) is 5.04 Å². The highest BCUT2D eigenvalue weighted by Crippen LogP contribution is 2.40. The summed E-state index contributed by atoms with van der Waals surface area (Å²) in [7, 11) is -0.526. The van der Waals surface area contributed by atoms with Crippen molar-refractivity contribution in [2.45, 2.75) is 38.0 Å². The molecule has 0 saturated heterocycles. The van der Waals surface area contributed by atoms with Crippen molar-refractivity contribution in [3.05, 3.63) is 72.8 Å². The van der Waals surface area contributed by atoms with Gasteiger partial charge in [-0.25, -0.2) is 0 Å². The third-order valence-corrected chi connectivity index (χ3v) is 11.3. The van der Waals surface area contributed by atoms with Gasteiger partial charge in [0.15, 0.2) is 0 Å². The van der Waals surface area contributed by atoms with Crippen LogP contribution in [0.15, 0.2) is 72.8 Å². The van der Waals surface area contributed by atoms with E-state index in [-0.39, 0.29) is 5.04 Å². The lowest BCUT2D eigenvalue weighted by Crippen LogP contribution is -2.69. The molecule has 2 aromatic carbocycles. The molecule has 7 heteroatoms. The van der Waals surface area contributed by atoms with Gasteiger partial charge >= 0.3 is 11.9 Å². The van der Waals surface area contributed by atoms with Crippen molar-refractivity contribution in [1.29, 1.82) is 0 Å². The fourth-order valence-electron chi connectivity index (χ4n) is 4.73. The molecule has 33 heavy (non-hydrogen) atoms. The smallest absolute Gasteiger partial charge is 0.312 e. The number of ether oxygens (including phenoxy) is 2. The molecule has 1 aliphatic carbocycles. The Labute approximate surface area is 196 Å². The molecule has 0 bridgehead atoms. The van der Waals surface area contributed by atoms with Crippen molar-refractivity contribution in [3.8, 4) is 0 Å². The number of hydrogen-bond acceptors (Lipinski definition) is 6. The summed E-state index contributed by atoms with van der Waals surface area (Å²) in [5, 5.41) is 12.3. The summed E-state index contributed by atoms with van der Waals surface area (Å²) in [5.74, 6) is -3.49. The number of rotatable bonds is 6. The minimum atomic E-state index is -3.03. The summed E-state index contributed by atoms with van der Waals surface area (Å²) in [6.07, 6.45) is 1.20. The van der Waals surface area contributed by atoms with Crippen molar-refractivity contribution < 1.29 is 28.6 Å². The molecular formula is C26H32O6Si. The first-order valence-electron chi connectivity index (χ1n) is 11.0. The summed E-state index contributed by atoms with van der Waals surface area (Å²) in [5.41, 5.74) is 0. The van der Waals surface area contributed by atoms with Crippen molar-refractivity contribution in [1.82, 2.24) is 0 Å². The quantitative estimate of drug-likeness (QED) is 0.398. The van der Waals surface area contributed by atoms with Crippen LogP contribution in [0.4, 0.5) is 0 Å². The third-order valence-electron chi connectivity index (χ3n) is 6.28. The maximum atomic E-state index is 12.9. The molecular weight excluding hydrogens is 436 g/mol. The monoisotopic (exact) mass is 468 g/mol. The van der Waals surface area contributed by atoms with Gasteiger partial charge in [-0.15, -0.1) is 0 Å². The van der Waals surface area contributed by atoms with E-state index in [9.17, 15) is 14.7 Å². The lowest BCUT2D eigenvalue weighted by atomic mass is 9.79. The molecule has 0 aliphatic heterocycles.